The third kappa shape index (κ3) is 3.46. The predicted molar refractivity (Wildman–Crippen MR) is 76.1 cm³/mol. The molecule has 2 rings (SSSR count). The molecule has 22 heavy (non-hydrogen) atoms. The van der Waals surface area contributed by atoms with Crippen molar-refractivity contribution in [3.63, 3.8) is 0 Å². The number of carbonyl (C=O) groups is 1. The maximum atomic E-state index is 11.8. The lowest BCUT2D eigenvalue weighted by molar-refractivity contribution is -0.168. The molecule has 1 aromatic rings. The number of esters is 1. The summed E-state index contributed by atoms with van der Waals surface area (Å²) >= 11 is 0. The maximum absolute atomic E-state index is 11.8. The van der Waals surface area contributed by atoms with Gasteiger partial charge >= 0.3 is 13.3 Å². The van der Waals surface area contributed by atoms with Crippen LogP contribution in [0.2, 0.25) is 0 Å². The van der Waals surface area contributed by atoms with Gasteiger partial charge in [0.15, 0.2) is 5.60 Å². The minimum atomic E-state index is -1.91. The van der Waals surface area contributed by atoms with Gasteiger partial charge in [0.05, 0.1) is 19.5 Å². The Hall–Kier alpha value is -1.91. The van der Waals surface area contributed by atoms with E-state index in [2.05, 4.69) is 14.6 Å². The number of ether oxygens (including phenoxy) is 2. The van der Waals surface area contributed by atoms with Crippen LogP contribution in [-0.2, 0) is 14.3 Å². The van der Waals surface area contributed by atoms with Crippen LogP contribution in [0.15, 0.2) is 12.4 Å². The van der Waals surface area contributed by atoms with Crippen molar-refractivity contribution in [2.75, 3.05) is 32.2 Å². The van der Waals surface area contributed by atoms with Crippen LogP contribution in [0.5, 0.6) is 5.75 Å². The number of aromatic nitrogens is 2. The fourth-order valence-corrected chi connectivity index (χ4v) is 2.40. The van der Waals surface area contributed by atoms with Crippen molar-refractivity contribution in [1.29, 1.82) is 0 Å². The van der Waals surface area contributed by atoms with E-state index in [4.69, 9.17) is 19.5 Å². The first-order chi connectivity index (χ1) is 10.5. The lowest BCUT2D eigenvalue weighted by Crippen LogP contribution is -2.51. The summed E-state index contributed by atoms with van der Waals surface area (Å²) in [5, 5.41) is 17.4. The zero-order valence-electron chi connectivity index (χ0n) is 12.4. The van der Waals surface area contributed by atoms with E-state index in [-0.39, 0.29) is 11.7 Å². The molecule has 0 amide bonds. The molecule has 1 aliphatic rings. The standard InChI is InChI=1S/C12H18BN3O6/c1-20-10(17)12(21-2)3-5-16(6-4-12)11-14-7-9(8-15-11)22-13(18)19/h7-8,18-19H,3-6H2,1-2H3. The number of carbonyl (C=O) groups excluding carboxylic acids is 1. The highest BCUT2D eigenvalue weighted by Crippen LogP contribution is 2.28. The van der Waals surface area contributed by atoms with Crippen molar-refractivity contribution < 1.29 is 29.0 Å². The van der Waals surface area contributed by atoms with Gasteiger partial charge in [-0.25, -0.2) is 14.8 Å². The van der Waals surface area contributed by atoms with E-state index in [1.54, 1.807) is 0 Å². The normalized spacial score (nSPS) is 17.0. The highest BCUT2D eigenvalue weighted by molar-refractivity contribution is 6.33. The van der Waals surface area contributed by atoms with E-state index in [9.17, 15) is 4.79 Å². The van der Waals surface area contributed by atoms with Gasteiger partial charge in [-0.3, -0.25) is 0 Å². The van der Waals surface area contributed by atoms with Crippen LogP contribution in [0.3, 0.4) is 0 Å². The Morgan fingerprint density at radius 3 is 2.32 bits per heavy atom. The molecule has 0 unspecified atom stereocenters. The van der Waals surface area contributed by atoms with Gasteiger partial charge in [0.25, 0.3) is 0 Å². The molecule has 0 radical (unpaired) electrons. The Balaban J connectivity index is 2.00. The first-order valence-corrected chi connectivity index (χ1v) is 6.74. The monoisotopic (exact) mass is 311 g/mol. The fourth-order valence-electron chi connectivity index (χ4n) is 2.40. The van der Waals surface area contributed by atoms with Crippen LogP contribution in [0.25, 0.3) is 0 Å². The van der Waals surface area contributed by atoms with Crippen LogP contribution in [-0.4, -0.2) is 66.2 Å². The minimum absolute atomic E-state index is 0.150. The second kappa shape index (κ2) is 6.90. The van der Waals surface area contributed by atoms with Gasteiger partial charge in [-0.1, -0.05) is 0 Å². The molecule has 9 nitrogen and oxygen atoms in total. The van der Waals surface area contributed by atoms with E-state index >= 15 is 0 Å². The van der Waals surface area contributed by atoms with Crippen LogP contribution < -0.4 is 9.55 Å². The summed E-state index contributed by atoms with van der Waals surface area (Å²) < 4.78 is 14.8. The van der Waals surface area contributed by atoms with Crippen molar-refractivity contribution >= 4 is 19.2 Å². The van der Waals surface area contributed by atoms with E-state index in [1.165, 1.54) is 26.6 Å². The first kappa shape index (κ1) is 16.5. The van der Waals surface area contributed by atoms with E-state index in [0.717, 1.165) is 0 Å². The summed E-state index contributed by atoms with van der Waals surface area (Å²) in [4.78, 5) is 22.0. The summed E-state index contributed by atoms with van der Waals surface area (Å²) in [6.07, 6.45) is 3.63. The first-order valence-electron chi connectivity index (χ1n) is 6.74. The molecule has 0 bridgehead atoms. The Labute approximate surface area is 128 Å². The molecule has 0 aliphatic carbocycles. The molecule has 0 aromatic carbocycles. The van der Waals surface area contributed by atoms with Crippen LogP contribution in [0.4, 0.5) is 5.95 Å². The number of nitrogens with zero attached hydrogens (tertiary/aromatic N) is 3. The molecule has 10 heteroatoms. The van der Waals surface area contributed by atoms with Gasteiger partial charge < -0.3 is 29.1 Å². The Bertz CT molecular complexity index is 504. The Kier molecular flexibility index (Phi) is 5.17. The van der Waals surface area contributed by atoms with E-state index in [1.807, 2.05) is 4.90 Å². The molecular formula is C12H18BN3O6. The number of hydrogen-bond acceptors (Lipinski definition) is 9. The number of piperidine rings is 1. The topological polar surface area (TPSA) is 114 Å². The lowest BCUT2D eigenvalue weighted by atomic mass is 9.91. The third-order valence-electron chi connectivity index (χ3n) is 3.66. The number of hydrogen-bond donors (Lipinski definition) is 2. The molecule has 1 saturated heterocycles. The number of anilines is 1. The van der Waals surface area contributed by atoms with Crippen LogP contribution in [0.1, 0.15) is 12.8 Å². The Morgan fingerprint density at radius 2 is 1.86 bits per heavy atom. The van der Waals surface area contributed by atoms with Gasteiger partial charge in [0.2, 0.25) is 5.95 Å². The summed E-state index contributed by atoms with van der Waals surface area (Å²) in [6.45, 7) is 1.07. The number of rotatable bonds is 5. The predicted octanol–water partition coefficient (Wildman–Crippen LogP) is -1.02. The molecule has 0 saturated carbocycles. The highest BCUT2D eigenvalue weighted by atomic mass is 16.6. The summed E-state index contributed by atoms with van der Waals surface area (Å²) in [6, 6.07) is 0. The average molecular weight is 311 g/mol. The molecule has 120 valence electrons. The smallest absolute Gasteiger partial charge is 0.509 e. The maximum Gasteiger partial charge on any atom is 0.707 e. The molecule has 0 atom stereocenters. The SMILES string of the molecule is COC(=O)C1(OC)CCN(c2ncc(OB(O)O)cn2)CC1. The molecule has 2 N–H and O–H groups in total. The summed E-state index contributed by atoms with van der Waals surface area (Å²) in [5.74, 6) is 0.238. The molecule has 2 heterocycles. The molecule has 0 spiro atoms. The average Bonchev–Trinajstić information content (AvgIpc) is 2.54. The van der Waals surface area contributed by atoms with Crippen molar-refractivity contribution in [1.82, 2.24) is 9.97 Å². The van der Waals surface area contributed by atoms with Crippen LogP contribution in [0, 0.1) is 0 Å². The summed E-state index contributed by atoms with van der Waals surface area (Å²) in [7, 11) is 0.925. The van der Waals surface area contributed by atoms with Crippen molar-refractivity contribution in [2.24, 2.45) is 0 Å². The van der Waals surface area contributed by atoms with Gasteiger partial charge in [-0.2, -0.15) is 0 Å². The van der Waals surface area contributed by atoms with Gasteiger partial charge in [0.1, 0.15) is 5.75 Å². The Morgan fingerprint density at radius 1 is 1.27 bits per heavy atom. The van der Waals surface area contributed by atoms with Crippen molar-refractivity contribution in [3.8, 4) is 5.75 Å². The number of methoxy groups -OCH3 is 2. The lowest BCUT2D eigenvalue weighted by Gasteiger charge is -2.38. The second-order valence-corrected chi connectivity index (χ2v) is 4.84. The second-order valence-electron chi connectivity index (χ2n) is 4.84. The van der Waals surface area contributed by atoms with E-state index < -0.39 is 12.9 Å². The van der Waals surface area contributed by atoms with Crippen molar-refractivity contribution in [3.05, 3.63) is 12.4 Å². The van der Waals surface area contributed by atoms with Gasteiger partial charge in [-0.15, -0.1) is 0 Å². The van der Waals surface area contributed by atoms with Gasteiger partial charge in [0, 0.05) is 33.0 Å². The minimum Gasteiger partial charge on any atom is -0.509 e. The summed E-state index contributed by atoms with van der Waals surface area (Å²) in [5.41, 5.74) is -0.921. The van der Waals surface area contributed by atoms with Gasteiger partial charge in [-0.05, 0) is 0 Å². The quantitative estimate of drug-likeness (QED) is 0.521. The fraction of sp³-hybridized carbons (Fsp3) is 0.583. The molecule has 1 aliphatic heterocycles. The zero-order chi connectivity index (χ0) is 16.2. The third-order valence-corrected chi connectivity index (χ3v) is 3.66. The zero-order valence-corrected chi connectivity index (χ0v) is 12.4. The molecule has 1 fully saturated rings. The highest BCUT2D eigenvalue weighted by Gasteiger charge is 2.43. The van der Waals surface area contributed by atoms with E-state index in [0.29, 0.717) is 31.9 Å². The van der Waals surface area contributed by atoms with Crippen molar-refractivity contribution in [2.45, 2.75) is 18.4 Å². The molecular weight excluding hydrogens is 293 g/mol. The molecule has 1 aromatic heterocycles. The van der Waals surface area contributed by atoms with Crippen LogP contribution >= 0.6 is 0 Å². The largest absolute Gasteiger partial charge is 0.707 e.